The summed E-state index contributed by atoms with van der Waals surface area (Å²) in [7, 11) is 0. The van der Waals surface area contributed by atoms with Gasteiger partial charge in [0.1, 0.15) is 5.69 Å². The van der Waals surface area contributed by atoms with Crippen LogP contribution in [0.15, 0.2) is 60.8 Å². The van der Waals surface area contributed by atoms with E-state index in [0.717, 1.165) is 47.0 Å². The third-order valence-corrected chi connectivity index (χ3v) is 7.01. The molecule has 0 aliphatic carbocycles. The second-order valence-corrected chi connectivity index (χ2v) is 8.86. The van der Waals surface area contributed by atoms with Gasteiger partial charge >= 0.3 is 0 Å². The molecule has 6 heteroatoms. The topological polar surface area (TPSA) is 70.1 Å². The summed E-state index contributed by atoms with van der Waals surface area (Å²) in [5.74, 6) is -0.109. The van der Waals surface area contributed by atoms with Gasteiger partial charge in [0.05, 0.1) is 22.5 Å². The Labute approximate surface area is 185 Å². The molecule has 2 N–H and O–H groups in total. The number of aromatic amines is 1. The molecule has 2 aromatic carbocycles. The molecular weight excluding hydrogens is 400 g/mol. The molecule has 1 saturated heterocycles. The number of aldehydes is 1. The molecule has 0 unspecified atom stereocenters. The van der Waals surface area contributed by atoms with Gasteiger partial charge in [0.2, 0.25) is 0 Å². The van der Waals surface area contributed by atoms with E-state index >= 15 is 0 Å². The lowest BCUT2D eigenvalue weighted by Gasteiger charge is -2.46. The maximum absolute atomic E-state index is 13.4. The van der Waals surface area contributed by atoms with E-state index in [2.05, 4.69) is 51.4 Å². The third-order valence-electron chi connectivity index (χ3n) is 7.01. The lowest BCUT2D eigenvalue weighted by atomic mass is 9.82. The van der Waals surface area contributed by atoms with Gasteiger partial charge in [0.15, 0.2) is 6.29 Å². The van der Waals surface area contributed by atoms with Crippen LogP contribution in [0.25, 0.3) is 16.6 Å². The molecule has 1 spiro atoms. The quantitative estimate of drug-likeness (QED) is 0.461. The standard InChI is InChI=1S/C26H24N4O2/c1-17-8-9-20-18(15-17)19(16-31)24(27-20)25(32)29-13-10-26(11-14-29)23-7-4-12-30(23)22-6-3-2-5-21(22)28-26/h2-9,12,15-16,27-28H,10-11,13-14H2,1H3. The van der Waals surface area contributed by atoms with Crippen LogP contribution in [0.3, 0.4) is 0 Å². The predicted molar refractivity (Wildman–Crippen MR) is 125 cm³/mol. The van der Waals surface area contributed by atoms with E-state index in [0.29, 0.717) is 24.3 Å². The molecule has 32 heavy (non-hydrogen) atoms. The van der Waals surface area contributed by atoms with Gasteiger partial charge in [-0.3, -0.25) is 9.59 Å². The highest BCUT2D eigenvalue weighted by Crippen LogP contribution is 2.43. The van der Waals surface area contributed by atoms with Gasteiger partial charge in [-0.05, 0) is 56.2 Å². The van der Waals surface area contributed by atoms with Crippen molar-refractivity contribution in [2.24, 2.45) is 0 Å². The molecule has 2 aromatic heterocycles. The number of likely N-dealkylation sites (tertiary alicyclic amines) is 1. The van der Waals surface area contributed by atoms with E-state index in [9.17, 15) is 9.59 Å². The molecule has 2 aliphatic rings. The van der Waals surface area contributed by atoms with Crippen LogP contribution >= 0.6 is 0 Å². The second kappa shape index (κ2) is 6.85. The third kappa shape index (κ3) is 2.65. The monoisotopic (exact) mass is 424 g/mol. The lowest BCUT2D eigenvalue weighted by molar-refractivity contribution is 0.0669. The first-order valence-corrected chi connectivity index (χ1v) is 11.0. The zero-order chi connectivity index (χ0) is 21.9. The zero-order valence-corrected chi connectivity index (χ0v) is 17.9. The minimum atomic E-state index is -0.209. The number of aromatic nitrogens is 2. The van der Waals surface area contributed by atoms with Crippen molar-refractivity contribution < 1.29 is 9.59 Å². The zero-order valence-electron chi connectivity index (χ0n) is 17.9. The van der Waals surface area contributed by atoms with Crippen molar-refractivity contribution in [2.75, 3.05) is 18.4 Å². The van der Waals surface area contributed by atoms with E-state index < -0.39 is 0 Å². The Balaban J connectivity index is 1.30. The highest BCUT2D eigenvalue weighted by molar-refractivity contribution is 6.09. The smallest absolute Gasteiger partial charge is 0.271 e. The number of piperidine rings is 1. The molecule has 6 rings (SSSR count). The number of anilines is 1. The Morgan fingerprint density at radius 3 is 2.69 bits per heavy atom. The van der Waals surface area contributed by atoms with Crippen LogP contribution in [-0.4, -0.2) is 39.7 Å². The Bertz CT molecular complexity index is 1370. The fourth-order valence-corrected chi connectivity index (χ4v) is 5.34. The van der Waals surface area contributed by atoms with E-state index in [1.807, 2.05) is 36.1 Å². The lowest BCUT2D eigenvalue weighted by Crippen LogP contribution is -2.51. The summed E-state index contributed by atoms with van der Waals surface area (Å²) in [6.45, 7) is 3.22. The van der Waals surface area contributed by atoms with Gasteiger partial charge in [0, 0.05) is 35.9 Å². The number of rotatable bonds is 2. The summed E-state index contributed by atoms with van der Waals surface area (Å²) in [4.78, 5) is 30.3. The van der Waals surface area contributed by atoms with Gasteiger partial charge in [-0.15, -0.1) is 0 Å². The fourth-order valence-electron chi connectivity index (χ4n) is 5.34. The number of hydrogen-bond donors (Lipinski definition) is 2. The largest absolute Gasteiger partial charge is 0.372 e. The van der Waals surface area contributed by atoms with Crippen molar-refractivity contribution in [3.05, 3.63) is 83.3 Å². The number of H-pyrrole nitrogens is 1. The summed E-state index contributed by atoms with van der Waals surface area (Å²) in [6.07, 6.45) is 4.50. The average Bonchev–Trinajstić information content (AvgIpc) is 3.45. The molecule has 6 nitrogen and oxygen atoms in total. The number of carbonyl (C=O) groups is 2. The number of nitrogens with one attached hydrogen (secondary N) is 2. The minimum absolute atomic E-state index is 0.109. The Morgan fingerprint density at radius 1 is 1.06 bits per heavy atom. The first-order chi connectivity index (χ1) is 15.6. The molecule has 0 atom stereocenters. The van der Waals surface area contributed by atoms with Crippen molar-refractivity contribution in [3.63, 3.8) is 0 Å². The molecule has 0 bridgehead atoms. The molecule has 1 amide bonds. The molecular formula is C26H24N4O2. The summed E-state index contributed by atoms with van der Waals surface area (Å²) in [6, 6.07) is 18.4. The molecule has 1 fully saturated rings. The normalized spacial score (nSPS) is 16.5. The van der Waals surface area contributed by atoms with Crippen molar-refractivity contribution >= 4 is 28.8 Å². The van der Waals surface area contributed by atoms with E-state index in [1.165, 1.54) is 5.69 Å². The molecule has 2 aliphatic heterocycles. The Morgan fingerprint density at radius 2 is 1.88 bits per heavy atom. The Kier molecular flexibility index (Phi) is 4.05. The van der Waals surface area contributed by atoms with Gasteiger partial charge in [0.25, 0.3) is 5.91 Å². The average molecular weight is 425 g/mol. The van der Waals surface area contributed by atoms with Crippen LogP contribution < -0.4 is 5.32 Å². The number of para-hydroxylation sites is 2. The van der Waals surface area contributed by atoms with Gasteiger partial charge in [-0.2, -0.15) is 0 Å². The SMILES string of the molecule is Cc1ccc2[nH]c(C(=O)N3CCC4(CC3)Nc3ccccc3-n3cccc34)c(C=O)c2c1. The maximum Gasteiger partial charge on any atom is 0.271 e. The summed E-state index contributed by atoms with van der Waals surface area (Å²) >= 11 is 0. The highest BCUT2D eigenvalue weighted by Gasteiger charge is 2.42. The van der Waals surface area contributed by atoms with E-state index in [4.69, 9.17) is 0 Å². The van der Waals surface area contributed by atoms with Crippen molar-refractivity contribution in [2.45, 2.75) is 25.3 Å². The van der Waals surface area contributed by atoms with Gasteiger partial charge in [-0.25, -0.2) is 0 Å². The number of hydrogen-bond acceptors (Lipinski definition) is 3. The predicted octanol–water partition coefficient (Wildman–Crippen LogP) is 4.64. The fraction of sp³-hybridized carbons (Fsp3) is 0.231. The van der Waals surface area contributed by atoms with Crippen molar-refractivity contribution in [3.8, 4) is 5.69 Å². The van der Waals surface area contributed by atoms with E-state index in [-0.39, 0.29) is 11.4 Å². The first kappa shape index (κ1) is 18.9. The summed E-state index contributed by atoms with van der Waals surface area (Å²) in [5.41, 5.74) is 6.01. The van der Waals surface area contributed by atoms with Crippen molar-refractivity contribution in [1.29, 1.82) is 0 Å². The van der Waals surface area contributed by atoms with Crippen LogP contribution in [0, 0.1) is 6.92 Å². The summed E-state index contributed by atoms with van der Waals surface area (Å²) in [5, 5.41) is 4.59. The Hall–Kier alpha value is -3.80. The summed E-state index contributed by atoms with van der Waals surface area (Å²) < 4.78 is 2.26. The van der Waals surface area contributed by atoms with Crippen molar-refractivity contribution in [1.82, 2.24) is 14.5 Å². The first-order valence-electron chi connectivity index (χ1n) is 11.0. The van der Waals surface area contributed by atoms with Crippen LogP contribution in [0.1, 0.15) is 44.9 Å². The second-order valence-electron chi connectivity index (χ2n) is 8.86. The van der Waals surface area contributed by atoms with Crippen LogP contribution in [-0.2, 0) is 5.54 Å². The van der Waals surface area contributed by atoms with Crippen LogP contribution in [0.2, 0.25) is 0 Å². The minimum Gasteiger partial charge on any atom is -0.372 e. The molecule has 4 aromatic rings. The van der Waals surface area contributed by atoms with Crippen LogP contribution in [0.5, 0.6) is 0 Å². The molecule has 4 heterocycles. The van der Waals surface area contributed by atoms with Gasteiger partial charge in [-0.1, -0.05) is 23.8 Å². The number of benzene rings is 2. The number of nitrogens with zero attached hydrogens (tertiary/aromatic N) is 2. The van der Waals surface area contributed by atoms with Gasteiger partial charge < -0.3 is 19.8 Å². The number of aryl methyl sites for hydroxylation is 1. The number of fused-ring (bicyclic) bond motifs is 5. The molecule has 0 radical (unpaired) electrons. The number of amides is 1. The molecule has 0 saturated carbocycles. The molecule has 160 valence electrons. The van der Waals surface area contributed by atoms with Crippen LogP contribution in [0.4, 0.5) is 5.69 Å². The maximum atomic E-state index is 13.4. The highest BCUT2D eigenvalue weighted by atomic mass is 16.2. The van der Waals surface area contributed by atoms with E-state index in [1.54, 1.807) is 0 Å². The number of carbonyl (C=O) groups excluding carboxylic acids is 2.